The van der Waals surface area contributed by atoms with E-state index in [0.29, 0.717) is 6.54 Å². The van der Waals surface area contributed by atoms with Gasteiger partial charge in [-0.15, -0.1) is 0 Å². The van der Waals surface area contributed by atoms with Gasteiger partial charge < -0.3 is 10.1 Å². The number of aromatic nitrogens is 3. The van der Waals surface area contributed by atoms with Gasteiger partial charge in [0, 0.05) is 23.3 Å². The molecule has 0 spiro atoms. The van der Waals surface area contributed by atoms with Crippen LogP contribution in [0.1, 0.15) is 11.3 Å². The monoisotopic (exact) mass is 238 g/mol. The van der Waals surface area contributed by atoms with Crippen LogP contribution in [0.3, 0.4) is 0 Å². The van der Waals surface area contributed by atoms with Crippen LogP contribution < -0.4 is 5.73 Å². The van der Waals surface area contributed by atoms with Crippen LogP contribution in [0.5, 0.6) is 0 Å². The number of aryl methyl sites for hydroxylation is 1. The zero-order chi connectivity index (χ0) is 12.5. The average Bonchev–Trinajstić information content (AvgIpc) is 2.84. The molecule has 90 valence electrons. The summed E-state index contributed by atoms with van der Waals surface area (Å²) in [6.07, 6.45) is 3.50. The normalized spacial score (nSPS) is 11.0. The second-order valence-electron chi connectivity index (χ2n) is 4.28. The lowest BCUT2D eigenvalue weighted by molar-refractivity contribution is 0.962. The molecule has 0 aliphatic heterocycles. The topological polar surface area (TPSA) is 56.2 Å². The second kappa shape index (κ2) is 4.23. The van der Waals surface area contributed by atoms with Gasteiger partial charge in [-0.3, -0.25) is 0 Å². The smallest absolute Gasteiger partial charge is 0.0592 e. The average molecular weight is 238 g/mol. The highest BCUT2D eigenvalue weighted by molar-refractivity contribution is 5.69. The Morgan fingerprint density at radius 2 is 1.94 bits per heavy atom. The van der Waals surface area contributed by atoms with E-state index in [1.54, 1.807) is 12.4 Å². The molecule has 0 saturated carbocycles. The van der Waals surface area contributed by atoms with E-state index in [1.807, 2.05) is 0 Å². The molecule has 18 heavy (non-hydrogen) atoms. The van der Waals surface area contributed by atoms with Gasteiger partial charge in [0.2, 0.25) is 0 Å². The van der Waals surface area contributed by atoms with Crippen LogP contribution in [0.4, 0.5) is 0 Å². The highest BCUT2D eigenvalue weighted by Gasteiger charge is 2.10. The minimum absolute atomic E-state index is 0.462. The Kier molecular flexibility index (Phi) is 2.57. The molecular formula is C14H14N4. The molecule has 3 heterocycles. The summed E-state index contributed by atoms with van der Waals surface area (Å²) in [7, 11) is 0. The Bertz CT molecular complexity index is 700. The summed E-state index contributed by atoms with van der Waals surface area (Å²) in [6, 6.07) is 10.4. The van der Waals surface area contributed by atoms with Crippen molar-refractivity contribution in [2.24, 2.45) is 5.73 Å². The minimum Gasteiger partial charge on any atom is -0.326 e. The van der Waals surface area contributed by atoms with Crippen molar-refractivity contribution >= 4 is 5.52 Å². The molecule has 0 aromatic carbocycles. The first-order chi connectivity index (χ1) is 8.81. The van der Waals surface area contributed by atoms with E-state index in [4.69, 9.17) is 5.73 Å². The van der Waals surface area contributed by atoms with E-state index in [0.717, 1.165) is 16.8 Å². The Morgan fingerprint density at radius 1 is 1.11 bits per heavy atom. The lowest BCUT2D eigenvalue weighted by Crippen LogP contribution is -2.02. The van der Waals surface area contributed by atoms with Crippen molar-refractivity contribution in [3.63, 3.8) is 0 Å². The number of hydrogen-bond acceptors (Lipinski definition) is 3. The first-order valence-corrected chi connectivity index (χ1v) is 5.88. The Labute approximate surface area is 105 Å². The number of pyridine rings is 1. The van der Waals surface area contributed by atoms with E-state index in [-0.39, 0.29) is 0 Å². The van der Waals surface area contributed by atoms with Crippen LogP contribution in [0.2, 0.25) is 0 Å². The summed E-state index contributed by atoms with van der Waals surface area (Å²) >= 11 is 0. The Balaban J connectivity index is 2.32. The van der Waals surface area contributed by atoms with E-state index < -0.39 is 0 Å². The third-order valence-electron chi connectivity index (χ3n) is 3.18. The summed E-state index contributed by atoms with van der Waals surface area (Å²) in [5.74, 6) is 0. The molecule has 0 atom stereocenters. The lowest BCUT2D eigenvalue weighted by atomic mass is 10.1. The van der Waals surface area contributed by atoms with Gasteiger partial charge in [0.25, 0.3) is 0 Å². The van der Waals surface area contributed by atoms with Crippen LogP contribution in [0.15, 0.2) is 42.7 Å². The molecule has 2 N–H and O–H groups in total. The van der Waals surface area contributed by atoms with E-state index in [2.05, 4.69) is 51.9 Å². The van der Waals surface area contributed by atoms with Crippen LogP contribution >= 0.6 is 0 Å². The fourth-order valence-corrected chi connectivity index (χ4v) is 2.29. The van der Waals surface area contributed by atoms with Crippen molar-refractivity contribution < 1.29 is 0 Å². The predicted octanol–water partition coefficient (Wildman–Crippen LogP) is 2.16. The molecule has 0 fully saturated rings. The standard InChI is InChI=1S/C14H14N4/c1-10-3-2-4-12-5-6-14(18(10)12)13-9-17-16-8-11(13)7-15/h2-6,8-9H,7,15H2,1H3. The summed E-state index contributed by atoms with van der Waals surface area (Å²) in [5.41, 5.74) is 11.3. The van der Waals surface area contributed by atoms with Crippen molar-refractivity contribution in [2.45, 2.75) is 13.5 Å². The van der Waals surface area contributed by atoms with Gasteiger partial charge in [0.15, 0.2) is 0 Å². The highest BCUT2D eigenvalue weighted by atomic mass is 15.1. The van der Waals surface area contributed by atoms with Crippen LogP contribution in [0.25, 0.3) is 16.8 Å². The highest BCUT2D eigenvalue weighted by Crippen LogP contribution is 2.25. The van der Waals surface area contributed by atoms with Crippen LogP contribution in [-0.4, -0.2) is 14.6 Å². The second-order valence-corrected chi connectivity index (χ2v) is 4.28. The summed E-state index contributed by atoms with van der Waals surface area (Å²) < 4.78 is 2.20. The maximum atomic E-state index is 5.76. The fourth-order valence-electron chi connectivity index (χ4n) is 2.29. The van der Waals surface area contributed by atoms with Gasteiger partial charge in [-0.1, -0.05) is 6.07 Å². The number of hydrogen-bond donors (Lipinski definition) is 1. The summed E-state index contributed by atoms with van der Waals surface area (Å²) in [5, 5.41) is 7.86. The van der Waals surface area contributed by atoms with Crippen LogP contribution in [0, 0.1) is 6.92 Å². The molecular weight excluding hydrogens is 224 g/mol. The lowest BCUT2D eigenvalue weighted by Gasteiger charge is -2.09. The molecule has 4 nitrogen and oxygen atoms in total. The number of rotatable bonds is 2. The first kappa shape index (κ1) is 10.9. The molecule has 0 aliphatic carbocycles. The van der Waals surface area contributed by atoms with Crippen molar-refractivity contribution in [3.05, 3.63) is 54.0 Å². The first-order valence-electron chi connectivity index (χ1n) is 5.88. The summed E-state index contributed by atoms with van der Waals surface area (Å²) in [4.78, 5) is 0. The van der Waals surface area contributed by atoms with Gasteiger partial charge in [0.05, 0.1) is 18.1 Å². The molecule has 3 aromatic rings. The zero-order valence-electron chi connectivity index (χ0n) is 10.2. The van der Waals surface area contributed by atoms with Gasteiger partial charge in [-0.25, -0.2) is 0 Å². The van der Waals surface area contributed by atoms with E-state index in [9.17, 15) is 0 Å². The van der Waals surface area contributed by atoms with Crippen molar-refractivity contribution in [1.29, 1.82) is 0 Å². The van der Waals surface area contributed by atoms with Gasteiger partial charge in [-0.2, -0.15) is 10.2 Å². The number of fused-ring (bicyclic) bond motifs is 1. The summed E-state index contributed by atoms with van der Waals surface area (Å²) in [6.45, 7) is 2.55. The molecule has 3 aromatic heterocycles. The van der Waals surface area contributed by atoms with E-state index >= 15 is 0 Å². The quantitative estimate of drug-likeness (QED) is 0.744. The molecule has 3 rings (SSSR count). The number of nitrogens with zero attached hydrogens (tertiary/aromatic N) is 3. The molecule has 0 unspecified atom stereocenters. The third kappa shape index (κ3) is 1.58. The maximum Gasteiger partial charge on any atom is 0.0592 e. The van der Waals surface area contributed by atoms with Crippen molar-refractivity contribution in [3.8, 4) is 11.3 Å². The number of nitrogens with two attached hydrogens (primary N) is 1. The molecule has 4 heteroatoms. The van der Waals surface area contributed by atoms with Crippen LogP contribution in [-0.2, 0) is 6.54 Å². The Hall–Kier alpha value is -2.20. The minimum atomic E-state index is 0.462. The molecule has 0 aliphatic rings. The molecule has 0 bridgehead atoms. The SMILES string of the molecule is Cc1cccc2ccc(-c3cnncc3CN)n12. The molecule has 0 saturated heterocycles. The van der Waals surface area contributed by atoms with Gasteiger partial charge in [0.1, 0.15) is 0 Å². The predicted molar refractivity (Wildman–Crippen MR) is 71.1 cm³/mol. The maximum absolute atomic E-state index is 5.76. The van der Waals surface area contributed by atoms with E-state index in [1.165, 1.54) is 11.2 Å². The molecule has 0 amide bonds. The fraction of sp³-hybridized carbons (Fsp3) is 0.143. The van der Waals surface area contributed by atoms with Crippen molar-refractivity contribution in [1.82, 2.24) is 14.6 Å². The van der Waals surface area contributed by atoms with Crippen molar-refractivity contribution in [2.75, 3.05) is 0 Å². The zero-order valence-corrected chi connectivity index (χ0v) is 10.2. The molecule has 0 radical (unpaired) electrons. The largest absolute Gasteiger partial charge is 0.326 e. The Morgan fingerprint density at radius 3 is 2.78 bits per heavy atom. The van der Waals surface area contributed by atoms with Gasteiger partial charge in [-0.05, 0) is 36.8 Å². The van der Waals surface area contributed by atoms with Gasteiger partial charge >= 0.3 is 0 Å². The third-order valence-corrected chi connectivity index (χ3v) is 3.18.